The van der Waals surface area contributed by atoms with Crippen molar-refractivity contribution < 1.29 is 51.0 Å². The predicted octanol–water partition coefficient (Wildman–Crippen LogP) is 7.55. The zero-order valence-electron chi connectivity index (χ0n) is 27.1. The molecule has 0 aliphatic carbocycles. The summed E-state index contributed by atoms with van der Waals surface area (Å²) in [6.45, 7) is 29.8. The van der Waals surface area contributed by atoms with Crippen LogP contribution in [0.4, 0.5) is 26.3 Å². The molecule has 0 N–H and O–H groups in total. The quantitative estimate of drug-likeness (QED) is 0.113. The Balaban J connectivity index is 0. The molecule has 4 unspecified atom stereocenters. The molecular formula is C21H54F6O6Si8. The lowest BCUT2D eigenvalue weighted by molar-refractivity contribution is -0.131. The Labute approximate surface area is 255 Å². The summed E-state index contributed by atoms with van der Waals surface area (Å²) in [6, 6.07) is -0.614. The predicted molar refractivity (Wildman–Crippen MR) is 176 cm³/mol. The fourth-order valence-corrected chi connectivity index (χ4v) is 25.8. The Bertz CT molecular complexity index is 701. The monoisotopic (exact) mass is 740 g/mol. The van der Waals surface area contributed by atoms with E-state index in [1.807, 2.05) is 45.0 Å². The van der Waals surface area contributed by atoms with Gasteiger partial charge in [-0.3, -0.25) is 0 Å². The van der Waals surface area contributed by atoms with Crippen molar-refractivity contribution in [1.29, 1.82) is 0 Å². The summed E-state index contributed by atoms with van der Waals surface area (Å²) in [6.07, 6.45) is -10.8. The SMILES string of the molecule is C=C[SiH](O[SiH](C)O[Si](C)(C)C)O[Si](C)(C)C.C[Si](C)(C)O[SiH](CCC(F)(F)F)O[SiH](CCC(F)(F)F)O[Si](C)(C)C. The van der Waals surface area contributed by atoms with E-state index in [-0.39, 0.29) is 12.1 Å². The zero-order chi connectivity index (χ0) is 33.1. The number of rotatable bonds is 17. The van der Waals surface area contributed by atoms with E-state index in [1.165, 1.54) is 0 Å². The van der Waals surface area contributed by atoms with Crippen LogP contribution in [0.5, 0.6) is 0 Å². The maximum absolute atomic E-state index is 12.5. The second-order valence-corrected chi connectivity index (χ2v) is 41.6. The van der Waals surface area contributed by atoms with E-state index in [0.29, 0.717) is 0 Å². The Morgan fingerprint density at radius 3 is 1.12 bits per heavy atom. The minimum absolute atomic E-state index is 0.307. The fraction of sp³-hybridized carbons (Fsp3) is 0.905. The lowest BCUT2D eigenvalue weighted by Crippen LogP contribution is -2.45. The molecule has 0 aromatic rings. The van der Waals surface area contributed by atoms with Gasteiger partial charge in [-0.15, -0.1) is 6.58 Å². The van der Waals surface area contributed by atoms with Gasteiger partial charge in [0.2, 0.25) is 0 Å². The summed E-state index contributed by atoms with van der Waals surface area (Å²) in [7, 11) is -16.1. The second kappa shape index (κ2) is 18.1. The molecule has 6 nitrogen and oxygen atoms in total. The Kier molecular flexibility index (Phi) is 19.4. The van der Waals surface area contributed by atoms with Crippen LogP contribution in [-0.2, 0) is 24.7 Å². The van der Waals surface area contributed by atoms with Crippen molar-refractivity contribution in [2.24, 2.45) is 0 Å². The lowest BCUT2D eigenvalue weighted by Gasteiger charge is -2.32. The molecule has 0 saturated carbocycles. The van der Waals surface area contributed by atoms with Crippen molar-refractivity contribution in [3.05, 3.63) is 12.3 Å². The van der Waals surface area contributed by atoms with Gasteiger partial charge in [-0.1, -0.05) is 5.70 Å². The Morgan fingerprint density at radius 2 is 0.878 bits per heavy atom. The van der Waals surface area contributed by atoms with Crippen LogP contribution in [0.1, 0.15) is 12.8 Å². The van der Waals surface area contributed by atoms with Crippen LogP contribution in [0, 0.1) is 0 Å². The van der Waals surface area contributed by atoms with Crippen molar-refractivity contribution in [2.75, 3.05) is 0 Å². The molecule has 0 heterocycles. The molecule has 0 fully saturated rings. The zero-order valence-corrected chi connectivity index (χ0v) is 35.8. The molecule has 0 spiro atoms. The molecule has 0 aliphatic heterocycles. The Morgan fingerprint density at radius 1 is 0.561 bits per heavy atom. The summed E-state index contributed by atoms with van der Waals surface area (Å²) in [4.78, 5) is 0. The van der Waals surface area contributed by atoms with Crippen molar-refractivity contribution in [2.45, 2.75) is 122 Å². The van der Waals surface area contributed by atoms with Crippen LogP contribution in [-0.4, -0.2) is 82.8 Å². The van der Waals surface area contributed by atoms with E-state index < -0.39 is 95.6 Å². The molecular weight excluding hydrogens is 687 g/mol. The average Bonchev–Trinajstić information content (AvgIpc) is 2.64. The van der Waals surface area contributed by atoms with Crippen molar-refractivity contribution in [1.82, 2.24) is 0 Å². The van der Waals surface area contributed by atoms with Gasteiger partial charge in [-0.2, -0.15) is 26.3 Å². The largest absolute Gasteiger partial charge is 0.439 e. The normalized spacial score (nSPS) is 16.9. The average molecular weight is 741 g/mol. The van der Waals surface area contributed by atoms with Crippen LogP contribution >= 0.6 is 0 Å². The molecule has 248 valence electrons. The topological polar surface area (TPSA) is 55.4 Å². The molecule has 0 aromatic carbocycles. The van der Waals surface area contributed by atoms with E-state index in [4.69, 9.17) is 24.7 Å². The standard InChI is InChI=1S/C12H28F6O3Si4.C9H26O3Si4/c1-24(2,3)20-22(9-7-11(13,14)15)19-23(21-25(4,5)6)10-8-12(16,17)18;1-9-14(12-16(6,7)8)10-13(2)11-15(3,4)5/h22-23H,7-10H2,1-6H3;9,13-14H,1H2,2-8H3. The molecule has 0 radical (unpaired) electrons. The third-order valence-electron chi connectivity index (χ3n) is 4.11. The van der Waals surface area contributed by atoms with Crippen LogP contribution in [0.3, 0.4) is 0 Å². The number of halogens is 6. The highest BCUT2D eigenvalue weighted by Crippen LogP contribution is 2.27. The van der Waals surface area contributed by atoms with E-state index in [1.54, 1.807) is 0 Å². The fourth-order valence-electron chi connectivity index (χ4n) is 3.02. The molecule has 0 aliphatic rings. The summed E-state index contributed by atoms with van der Waals surface area (Å²) in [5.74, 6) is 0. The van der Waals surface area contributed by atoms with Crippen molar-refractivity contribution in [3.8, 4) is 0 Å². The lowest BCUT2D eigenvalue weighted by atomic mass is 10.5. The summed E-state index contributed by atoms with van der Waals surface area (Å²) in [5.41, 5.74) is 1.86. The molecule has 0 rings (SSSR count). The van der Waals surface area contributed by atoms with Crippen molar-refractivity contribution >= 4 is 70.4 Å². The summed E-state index contributed by atoms with van der Waals surface area (Å²) < 4.78 is 110. The maximum atomic E-state index is 12.5. The summed E-state index contributed by atoms with van der Waals surface area (Å²) >= 11 is 0. The highest BCUT2D eigenvalue weighted by molar-refractivity contribution is 6.81. The minimum atomic E-state index is -4.35. The highest BCUT2D eigenvalue weighted by Gasteiger charge is 2.37. The first-order valence-corrected chi connectivity index (χ1v) is 34.5. The first-order valence-electron chi connectivity index (χ1n) is 13.7. The van der Waals surface area contributed by atoms with Crippen LogP contribution < -0.4 is 0 Å². The number of hydrogen-bond acceptors (Lipinski definition) is 6. The maximum Gasteiger partial charge on any atom is 0.389 e. The van der Waals surface area contributed by atoms with E-state index in [9.17, 15) is 26.3 Å². The van der Waals surface area contributed by atoms with E-state index >= 15 is 0 Å². The van der Waals surface area contributed by atoms with E-state index in [2.05, 4.69) is 52.4 Å². The van der Waals surface area contributed by atoms with Gasteiger partial charge in [0, 0.05) is 12.8 Å². The molecule has 0 amide bonds. The summed E-state index contributed by atoms with van der Waals surface area (Å²) in [5, 5.41) is 0. The molecule has 0 aromatic heterocycles. The number of hydrogen-bond donors (Lipinski definition) is 0. The Hall–Kier alpha value is 0.815. The second-order valence-electron chi connectivity index (χ2n) is 13.5. The molecule has 20 heteroatoms. The van der Waals surface area contributed by atoms with Crippen LogP contribution in [0.15, 0.2) is 12.3 Å². The van der Waals surface area contributed by atoms with Gasteiger partial charge in [0.25, 0.3) is 9.28 Å². The first-order chi connectivity index (χ1) is 17.9. The van der Waals surface area contributed by atoms with Gasteiger partial charge in [-0.25, -0.2) is 0 Å². The molecule has 41 heavy (non-hydrogen) atoms. The van der Waals surface area contributed by atoms with Gasteiger partial charge >= 0.3 is 40.2 Å². The van der Waals surface area contributed by atoms with Gasteiger partial charge in [-0.05, 0) is 97.2 Å². The third kappa shape index (κ3) is 33.5. The molecule has 0 bridgehead atoms. The van der Waals surface area contributed by atoms with E-state index in [0.717, 1.165) is 0 Å². The van der Waals surface area contributed by atoms with Crippen molar-refractivity contribution in [3.63, 3.8) is 0 Å². The van der Waals surface area contributed by atoms with Crippen LogP contribution in [0.2, 0.25) is 97.2 Å². The van der Waals surface area contributed by atoms with Gasteiger partial charge in [0.05, 0.1) is 0 Å². The third-order valence-corrected chi connectivity index (χ3v) is 26.7. The first kappa shape index (κ1) is 43.9. The number of alkyl halides is 6. The van der Waals surface area contributed by atoms with Crippen LogP contribution in [0.25, 0.3) is 0 Å². The minimum Gasteiger partial charge on any atom is -0.439 e. The molecule has 0 saturated heterocycles. The van der Waals surface area contributed by atoms with Gasteiger partial charge in [0.1, 0.15) is 0 Å². The smallest absolute Gasteiger partial charge is 0.389 e. The van der Waals surface area contributed by atoms with Gasteiger partial charge < -0.3 is 24.7 Å². The molecule has 4 atom stereocenters. The highest BCUT2D eigenvalue weighted by atomic mass is 28.5. The van der Waals surface area contributed by atoms with Gasteiger partial charge in [0.15, 0.2) is 33.3 Å².